The number of amides is 1. The third-order valence-corrected chi connectivity index (χ3v) is 6.05. The standard InChI is InChI=1S/C23H26N4O/c28-23(20-9-8-18-5-1-2-6-19(18)15-20)26-13-11-25(12-14-26)16-21-17-27-10-4-3-7-22(27)24-21/h3-4,7-10,15,17H,1-2,5-6,11-14,16H2. The van der Waals surface area contributed by atoms with Crippen LogP contribution in [0.1, 0.15) is 40.0 Å². The maximum atomic E-state index is 13.0. The molecule has 0 spiro atoms. The molecule has 5 nitrogen and oxygen atoms in total. The number of carbonyl (C=O) groups excluding carboxylic acids is 1. The van der Waals surface area contributed by atoms with Crippen LogP contribution in [-0.4, -0.2) is 51.3 Å². The Labute approximate surface area is 165 Å². The summed E-state index contributed by atoms with van der Waals surface area (Å²) in [6.45, 7) is 4.18. The van der Waals surface area contributed by atoms with Crippen molar-refractivity contribution < 1.29 is 4.79 Å². The predicted molar refractivity (Wildman–Crippen MR) is 109 cm³/mol. The molecule has 5 rings (SSSR count). The molecule has 1 aliphatic heterocycles. The van der Waals surface area contributed by atoms with Crippen molar-refractivity contribution in [2.24, 2.45) is 0 Å². The van der Waals surface area contributed by atoms with Gasteiger partial charge in [-0.25, -0.2) is 4.98 Å². The van der Waals surface area contributed by atoms with Gasteiger partial charge in [-0.2, -0.15) is 0 Å². The number of fused-ring (bicyclic) bond motifs is 2. The van der Waals surface area contributed by atoms with E-state index in [1.807, 2.05) is 35.4 Å². The molecule has 5 heteroatoms. The van der Waals surface area contributed by atoms with Crippen LogP contribution in [0.3, 0.4) is 0 Å². The molecule has 3 aromatic rings. The summed E-state index contributed by atoms with van der Waals surface area (Å²) >= 11 is 0. The second kappa shape index (κ2) is 7.40. The minimum atomic E-state index is 0.181. The number of imidazole rings is 1. The molecule has 2 aliphatic rings. The van der Waals surface area contributed by atoms with Gasteiger partial charge < -0.3 is 9.30 Å². The lowest BCUT2D eigenvalue weighted by Gasteiger charge is -2.34. The molecule has 1 amide bonds. The number of pyridine rings is 1. The second-order valence-corrected chi connectivity index (χ2v) is 7.96. The van der Waals surface area contributed by atoms with Gasteiger partial charge in [-0.05, 0) is 61.1 Å². The Morgan fingerprint density at radius 2 is 1.79 bits per heavy atom. The fraction of sp³-hybridized carbons (Fsp3) is 0.391. The molecule has 3 heterocycles. The van der Waals surface area contributed by atoms with Crippen molar-refractivity contribution in [2.45, 2.75) is 32.2 Å². The molecule has 0 unspecified atom stereocenters. The molecular weight excluding hydrogens is 348 g/mol. The fourth-order valence-electron chi connectivity index (χ4n) is 4.45. The molecule has 1 aromatic carbocycles. The van der Waals surface area contributed by atoms with E-state index in [4.69, 9.17) is 4.98 Å². The first-order chi connectivity index (χ1) is 13.8. The van der Waals surface area contributed by atoms with Crippen LogP contribution in [0.4, 0.5) is 0 Å². The van der Waals surface area contributed by atoms with E-state index in [9.17, 15) is 4.79 Å². The maximum absolute atomic E-state index is 13.0. The lowest BCUT2D eigenvalue weighted by Crippen LogP contribution is -2.48. The molecule has 0 atom stereocenters. The molecule has 0 bridgehead atoms. The molecule has 1 fully saturated rings. The van der Waals surface area contributed by atoms with Crippen LogP contribution in [-0.2, 0) is 19.4 Å². The largest absolute Gasteiger partial charge is 0.336 e. The van der Waals surface area contributed by atoms with Crippen LogP contribution >= 0.6 is 0 Å². The van der Waals surface area contributed by atoms with Crippen LogP contribution in [0, 0.1) is 0 Å². The van der Waals surface area contributed by atoms with E-state index < -0.39 is 0 Å². The molecule has 28 heavy (non-hydrogen) atoms. The topological polar surface area (TPSA) is 40.9 Å². The highest BCUT2D eigenvalue weighted by Crippen LogP contribution is 2.23. The Hall–Kier alpha value is -2.66. The summed E-state index contributed by atoms with van der Waals surface area (Å²) in [5.74, 6) is 0.181. The van der Waals surface area contributed by atoms with Crippen LogP contribution in [0.15, 0.2) is 48.8 Å². The first kappa shape index (κ1) is 17.4. The molecule has 0 N–H and O–H groups in total. The summed E-state index contributed by atoms with van der Waals surface area (Å²) in [6.07, 6.45) is 8.91. The summed E-state index contributed by atoms with van der Waals surface area (Å²) in [5, 5.41) is 0. The number of piperazine rings is 1. The van der Waals surface area contributed by atoms with E-state index in [1.54, 1.807) is 0 Å². The average molecular weight is 374 g/mol. The number of hydrogen-bond donors (Lipinski definition) is 0. The SMILES string of the molecule is O=C(c1ccc2c(c1)CCCC2)N1CCN(Cc2cn3ccccc3n2)CC1. The highest BCUT2D eigenvalue weighted by atomic mass is 16.2. The first-order valence-electron chi connectivity index (χ1n) is 10.3. The Kier molecular flexibility index (Phi) is 4.61. The van der Waals surface area contributed by atoms with Gasteiger partial charge in [0.1, 0.15) is 5.65 Å². The normalized spacial score (nSPS) is 17.6. The first-order valence-corrected chi connectivity index (χ1v) is 10.3. The van der Waals surface area contributed by atoms with Gasteiger partial charge in [-0.15, -0.1) is 0 Å². The van der Waals surface area contributed by atoms with Crippen molar-refractivity contribution >= 4 is 11.6 Å². The lowest BCUT2D eigenvalue weighted by molar-refractivity contribution is 0.0627. The van der Waals surface area contributed by atoms with Crippen molar-refractivity contribution in [3.63, 3.8) is 0 Å². The number of nitrogens with zero attached hydrogens (tertiary/aromatic N) is 4. The number of rotatable bonds is 3. The predicted octanol–water partition coefficient (Wildman–Crippen LogP) is 3.17. The van der Waals surface area contributed by atoms with Gasteiger partial charge in [0.25, 0.3) is 5.91 Å². The molecule has 1 saturated heterocycles. The zero-order valence-electron chi connectivity index (χ0n) is 16.2. The minimum absolute atomic E-state index is 0.181. The molecule has 0 saturated carbocycles. The molecule has 2 aromatic heterocycles. The van der Waals surface area contributed by atoms with Crippen LogP contribution < -0.4 is 0 Å². The maximum Gasteiger partial charge on any atom is 0.253 e. The van der Waals surface area contributed by atoms with E-state index in [1.165, 1.54) is 24.0 Å². The molecule has 144 valence electrons. The van der Waals surface area contributed by atoms with E-state index in [0.717, 1.165) is 62.5 Å². The van der Waals surface area contributed by atoms with Gasteiger partial charge in [0.15, 0.2) is 0 Å². The summed E-state index contributed by atoms with van der Waals surface area (Å²) in [6, 6.07) is 12.4. The zero-order valence-corrected chi connectivity index (χ0v) is 16.2. The zero-order chi connectivity index (χ0) is 18.9. The van der Waals surface area contributed by atoms with Gasteiger partial charge >= 0.3 is 0 Å². The van der Waals surface area contributed by atoms with Crippen molar-refractivity contribution in [1.82, 2.24) is 19.2 Å². The van der Waals surface area contributed by atoms with Crippen molar-refractivity contribution in [1.29, 1.82) is 0 Å². The molecule has 1 aliphatic carbocycles. The van der Waals surface area contributed by atoms with Crippen LogP contribution in [0.2, 0.25) is 0 Å². The highest BCUT2D eigenvalue weighted by Gasteiger charge is 2.23. The Morgan fingerprint density at radius 3 is 2.61 bits per heavy atom. The van der Waals surface area contributed by atoms with Crippen LogP contribution in [0.5, 0.6) is 0 Å². The number of hydrogen-bond acceptors (Lipinski definition) is 3. The minimum Gasteiger partial charge on any atom is -0.336 e. The van der Waals surface area contributed by atoms with E-state index in [0.29, 0.717) is 0 Å². The number of carbonyl (C=O) groups is 1. The quantitative estimate of drug-likeness (QED) is 0.707. The van der Waals surface area contributed by atoms with Gasteiger partial charge in [-0.1, -0.05) is 12.1 Å². The summed E-state index contributed by atoms with van der Waals surface area (Å²) < 4.78 is 2.06. The average Bonchev–Trinajstić information content (AvgIpc) is 3.16. The summed E-state index contributed by atoms with van der Waals surface area (Å²) in [7, 11) is 0. The fourth-order valence-corrected chi connectivity index (χ4v) is 4.45. The Balaban J connectivity index is 1.21. The van der Waals surface area contributed by atoms with Crippen molar-refractivity contribution in [3.05, 3.63) is 71.2 Å². The third kappa shape index (κ3) is 3.42. The smallest absolute Gasteiger partial charge is 0.253 e. The highest BCUT2D eigenvalue weighted by molar-refractivity contribution is 5.94. The third-order valence-electron chi connectivity index (χ3n) is 6.05. The van der Waals surface area contributed by atoms with Crippen molar-refractivity contribution in [3.8, 4) is 0 Å². The summed E-state index contributed by atoms with van der Waals surface area (Å²) in [5.41, 5.74) is 5.73. The number of benzene rings is 1. The lowest BCUT2D eigenvalue weighted by atomic mass is 9.90. The summed E-state index contributed by atoms with van der Waals surface area (Å²) in [4.78, 5) is 22.0. The second-order valence-electron chi connectivity index (χ2n) is 7.96. The van der Waals surface area contributed by atoms with Gasteiger partial charge in [0, 0.05) is 50.7 Å². The van der Waals surface area contributed by atoms with Gasteiger partial charge in [0.05, 0.1) is 5.69 Å². The van der Waals surface area contributed by atoms with Crippen LogP contribution in [0.25, 0.3) is 5.65 Å². The number of aromatic nitrogens is 2. The van der Waals surface area contributed by atoms with E-state index in [-0.39, 0.29) is 5.91 Å². The monoisotopic (exact) mass is 374 g/mol. The Morgan fingerprint density at radius 1 is 0.964 bits per heavy atom. The van der Waals surface area contributed by atoms with Gasteiger partial charge in [0.2, 0.25) is 0 Å². The Bertz CT molecular complexity index is 968. The van der Waals surface area contributed by atoms with E-state index >= 15 is 0 Å². The number of aryl methyl sites for hydroxylation is 2. The van der Waals surface area contributed by atoms with Gasteiger partial charge in [-0.3, -0.25) is 9.69 Å². The van der Waals surface area contributed by atoms with Crippen molar-refractivity contribution in [2.75, 3.05) is 26.2 Å². The molecular formula is C23H26N4O. The van der Waals surface area contributed by atoms with E-state index in [2.05, 4.69) is 27.6 Å². The molecule has 0 radical (unpaired) electrons.